The van der Waals surface area contributed by atoms with Crippen molar-refractivity contribution in [2.45, 2.75) is 11.3 Å². The average molecular weight is 495 g/mol. The molecule has 1 saturated heterocycles. The third-order valence-corrected chi connectivity index (χ3v) is 7.59. The lowest BCUT2D eigenvalue weighted by molar-refractivity contribution is -0.113. The molecule has 4 aromatic rings. The second kappa shape index (κ2) is 9.82. The Morgan fingerprint density at radius 3 is 2.68 bits per heavy atom. The maximum absolute atomic E-state index is 13.2. The number of nitrogens with zero attached hydrogens (tertiary/aromatic N) is 5. The first-order chi connectivity index (χ1) is 16.6. The largest absolute Gasteiger partial charge is 0.360 e. The molecule has 1 fully saturated rings. The fourth-order valence-corrected chi connectivity index (χ4v) is 5.50. The standard InChI is InChI=1S/C23H22N6O3S2/c1-15-13-19(27-32-15)24-20(30)14-33-23-26-25-22(34-23)29-11-9-28(10-12-29)21(31)18-8-4-6-16-5-2-3-7-17(16)18/h2-8,13H,9-12,14H2,1H3,(H,24,27,30). The minimum absolute atomic E-state index is 0.0540. The van der Waals surface area contributed by atoms with Gasteiger partial charge in [-0.3, -0.25) is 9.59 Å². The van der Waals surface area contributed by atoms with Crippen LogP contribution in [-0.2, 0) is 4.79 Å². The number of rotatable bonds is 6. The van der Waals surface area contributed by atoms with E-state index in [9.17, 15) is 9.59 Å². The number of fused-ring (bicyclic) bond motifs is 1. The quantitative estimate of drug-likeness (QED) is 0.405. The number of piperazine rings is 1. The van der Waals surface area contributed by atoms with Crippen LogP contribution in [0.25, 0.3) is 10.8 Å². The van der Waals surface area contributed by atoms with E-state index in [4.69, 9.17) is 4.52 Å². The first-order valence-corrected chi connectivity index (χ1v) is 12.6. The number of carbonyl (C=O) groups is 2. The number of nitrogens with one attached hydrogen (secondary N) is 1. The third kappa shape index (κ3) is 4.90. The lowest BCUT2D eigenvalue weighted by atomic mass is 10.0. The van der Waals surface area contributed by atoms with Gasteiger partial charge in [-0.2, -0.15) is 0 Å². The van der Waals surface area contributed by atoms with Gasteiger partial charge in [-0.15, -0.1) is 10.2 Å². The number of aromatic nitrogens is 3. The van der Waals surface area contributed by atoms with Crippen molar-refractivity contribution in [3.8, 4) is 0 Å². The van der Waals surface area contributed by atoms with Gasteiger partial charge < -0.3 is 19.6 Å². The highest BCUT2D eigenvalue weighted by atomic mass is 32.2. The third-order valence-electron chi connectivity index (χ3n) is 5.48. The second-order valence-corrected chi connectivity index (χ2v) is 9.99. The summed E-state index contributed by atoms with van der Waals surface area (Å²) in [4.78, 5) is 29.3. The van der Waals surface area contributed by atoms with Crippen LogP contribution in [0.5, 0.6) is 0 Å². The topological polar surface area (TPSA) is 104 Å². The summed E-state index contributed by atoms with van der Waals surface area (Å²) in [5, 5.41) is 17.8. The molecule has 1 aliphatic heterocycles. The smallest absolute Gasteiger partial charge is 0.254 e. The van der Waals surface area contributed by atoms with Crippen molar-refractivity contribution in [3.63, 3.8) is 0 Å². The minimum atomic E-state index is -0.185. The molecule has 0 saturated carbocycles. The maximum atomic E-state index is 13.2. The number of amides is 2. The van der Waals surface area contributed by atoms with E-state index in [2.05, 4.69) is 25.6 Å². The van der Waals surface area contributed by atoms with Gasteiger partial charge in [0, 0.05) is 37.8 Å². The van der Waals surface area contributed by atoms with Crippen LogP contribution in [0.2, 0.25) is 0 Å². The molecule has 0 spiro atoms. The molecular formula is C23H22N6O3S2. The summed E-state index contributed by atoms with van der Waals surface area (Å²) in [6, 6.07) is 15.5. The summed E-state index contributed by atoms with van der Waals surface area (Å²) in [5.41, 5.74) is 0.736. The van der Waals surface area contributed by atoms with Crippen LogP contribution in [0.1, 0.15) is 16.1 Å². The number of aryl methyl sites for hydroxylation is 1. The van der Waals surface area contributed by atoms with Crippen molar-refractivity contribution in [1.29, 1.82) is 0 Å². The number of benzene rings is 2. The van der Waals surface area contributed by atoms with E-state index in [1.807, 2.05) is 47.4 Å². The Hall–Kier alpha value is -3.44. The predicted molar refractivity (Wildman–Crippen MR) is 133 cm³/mol. The average Bonchev–Trinajstić information content (AvgIpc) is 3.51. The monoisotopic (exact) mass is 494 g/mol. The Morgan fingerprint density at radius 1 is 1.09 bits per heavy atom. The molecule has 5 rings (SSSR count). The minimum Gasteiger partial charge on any atom is -0.360 e. The summed E-state index contributed by atoms with van der Waals surface area (Å²) in [7, 11) is 0. The molecular weight excluding hydrogens is 472 g/mol. The van der Waals surface area contributed by atoms with E-state index < -0.39 is 0 Å². The molecule has 0 atom stereocenters. The van der Waals surface area contributed by atoms with Gasteiger partial charge in [0.05, 0.1) is 5.75 Å². The Balaban J connectivity index is 1.15. The second-order valence-electron chi connectivity index (χ2n) is 7.82. The highest BCUT2D eigenvalue weighted by molar-refractivity contribution is 8.01. The molecule has 11 heteroatoms. The molecule has 1 N–H and O–H groups in total. The highest BCUT2D eigenvalue weighted by Crippen LogP contribution is 2.29. The first kappa shape index (κ1) is 22.4. The highest BCUT2D eigenvalue weighted by Gasteiger charge is 2.25. The first-order valence-electron chi connectivity index (χ1n) is 10.8. The van der Waals surface area contributed by atoms with Gasteiger partial charge in [-0.05, 0) is 23.8 Å². The summed E-state index contributed by atoms with van der Waals surface area (Å²) < 4.78 is 5.66. The predicted octanol–water partition coefficient (Wildman–Crippen LogP) is 3.68. The van der Waals surface area contributed by atoms with Gasteiger partial charge in [0.15, 0.2) is 10.2 Å². The van der Waals surface area contributed by atoms with Crippen molar-refractivity contribution in [3.05, 3.63) is 59.9 Å². The van der Waals surface area contributed by atoms with Gasteiger partial charge in [0.25, 0.3) is 5.91 Å². The van der Waals surface area contributed by atoms with Gasteiger partial charge in [-0.1, -0.05) is 64.7 Å². The van der Waals surface area contributed by atoms with Crippen LogP contribution < -0.4 is 10.2 Å². The van der Waals surface area contributed by atoms with E-state index in [1.54, 1.807) is 13.0 Å². The molecule has 174 valence electrons. The summed E-state index contributed by atoms with van der Waals surface area (Å²) in [6.45, 7) is 4.36. The van der Waals surface area contributed by atoms with Crippen LogP contribution in [0.3, 0.4) is 0 Å². The zero-order chi connectivity index (χ0) is 23.5. The Kier molecular flexibility index (Phi) is 6.45. The zero-order valence-electron chi connectivity index (χ0n) is 18.4. The van der Waals surface area contributed by atoms with Crippen LogP contribution in [-0.4, -0.2) is 64.0 Å². The number of anilines is 2. The van der Waals surface area contributed by atoms with Crippen molar-refractivity contribution in [2.75, 3.05) is 42.1 Å². The molecule has 0 bridgehead atoms. The van der Waals surface area contributed by atoms with E-state index in [-0.39, 0.29) is 17.6 Å². The Morgan fingerprint density at radius 2 is 1.88 bits per heavy atom. The maximum Gasteiger partial charge on any atom is 0.254 e. The van der Waals surface area contributed by atoms with Crippen LogP contribution in [0, 0.1) is 6.92 Å². The molecule has 2 aromatic heterocycles. The Labute approximate surface area is 204 Å². The number of thioether (sulfide) groups is 1. The van der Waals surface area contributed by atoms with Crippen molar-refractivity contribution >= 4 is 56.6 Å². The molecule has 2 aromatic carbocycles. The fourth-order valence-electron chi connectivity index (χ4n) is 3.80. The van der Waals surface area contributed by atoms with Crippen LogP contribution >= 0.6 is 23.1 Å². The molecule has 34 heavy (non-hydrogen) atoms. The SMILES string of the molecule is Cc1cc(NC(=O)CSc2nnc(N3CCN(C(=O)c4cccc5ccccc45)CC3)s2)no1. The van der Waals surface area contributed by atoms with Gasteiger partial charge in [0.1, 0.15) is 5.76 Å². The summed E-state index contributed by atoms with van der Waals surface area (Å²) in [5.74, 6) is 1.11. The zero-order valence-corrected chi connectivity index (χ0v) is 20.1. The number of hydrogen-bond donors (Lipinski definition) is 1. The van der Waals surface area contributed by atoms with E-state index in [0.29, 0.717) is 37.8 Å². The summed E-state index contributed by atoms with van der Waals surface area (Å²) >= 11 is 2.78. The van der Waals surface area contributed by atoms with E-state index in [0.717, 1.165) is 25.8 Å². The Bertz CT molecular complexity index is 1320. The van der Waals surface area contributed by atoms with Crippen molar-refractivity contribution in [1.82, 2.24) is 20.3 Å². The van der Waals surface area contributed by atoms with E-state index >= 15 is 0 Å². The molecule has 9 nitrogen and oxygen atoms in total. The molecule has 0 unspecified atom stereocenters. The van der Waals surface area contributed by atoms with Crippen LogP contribution in [0.15, 0.2) is 57.4 Å². The normalized spacial score (nSPS) is 13.9. The van der Waals surface area contributed by atoms with Crippen LogP contribution in [0.4, 0.5) is 10.9 Å². The van der Waals surface area contributed by atoms with Crippen molar-refractivity contribution in [2.24, 2.45) is 0 Å². The van der Waals surface area contributed by atoms with Crippen molar-refractivity contribution < 1.29 is 14.1 Å². The lowest BCUT2D eigenvalue weighted by Gasteiger charge is -2.34. The van der Waals surface area contributed by atoms with Gasteiger partial charge >= 0.3 is 0 Å². The molecule has 0 aliphatic carbocycles. The lowest BCUT2D eigenvalue weighted by Crippen LogP contribution is -2.48. The molecule has 2 amide bonds. The summed E-state index contributed by atoms with van der Waals surface area (Å²) in [6.07, 6.45) is 0. The number of hydrogen-bond acceptors (Lipinski definition) is 9. The van der Waals surface area contributed by atoms with E-state index in [1.165, 1.54) is 23.1 Å². The molecule has 3 heterocycles. The fraction of sp³-hybridized carbons (Fsp3) is 0.261. The molecule has 1 aliphatic rings. The molecule has 0 radical (unpaired) electrons. The van der Waals surface area contributed by atoms with Gasteiger partial charge in [0.2, 0.25) is 11.0 Å². The van der Waals surface area contributed by atoms with Gasteiger partial charge in [-0.25, -0.2) is 0 Å². The number of carbonyl (C=O) groups excluding carboxylic acids is 2.